The molecule has 2 rings (SSSR count). The lowest BCUT2D eigenvalue weighted by Gasteiger charge is -2.22. The van der Waals surface area contributed by atoms with Crippen LogP contribution < -0.4 is 5.73 Å². The van der Waals surface area contributed by atoms with Crippen LogP contribution in [0.1, 0.15) is 35.4 Å². The summed E-state index contributed by atoms with van der Waals surface area (Å²) in [6.45, 7) is 6.20. The summed E-state index contributed by atoms with van der Waals surface area (Å²) in [6, 6.07) is 10.5. The van der Waals surface area contributed by atoms with E-state index in [4.69, 9.17) is 5.73 Å². The summed E-state index contributed by atoms with van der Waals surface area (Å²) in [4.78, 5) is 8.81. The molecular formula is C16H21N3S. The van der Waals surface area contributed by atoms with Crippen molar-refractivity contribution in [3.05, 3.63) is 53.3 Å². The van der Waals surface area contributed by atoms with E-state index in [9.17, 15) is 0 Å². The maximum Gasteiger partial charge on any atom is 0.188 e. The Morgan fingerprint density at radius 3 is 2.70 bits per heavy atom. The average Bonchev–Trinajstić information content (AvgIpc) is 2.44. The second-order valence-corrected chi connectivity index (χ2v) is 6.11. The molecule has 4 heteroatoms. The van der Waals surface area contributed by atoms with Crippen molar-refractivity contribution >= 4 is 11.8 Å². The molecule has 20 heavy (non-hydrogen) atoms. The number of rotatable bonds is 5. The van der Waals surface area contributed by atoms with Crippen molar-refractivity contribution in [1.82, 2.24) is 9.97 Å². The van der Waals surface area contributed by atoms with Crippen LogP contribution >= 0.6 is 11.8 Å². The molecule has 106 valence electrons. The smallest absolute Gasteiger partial charge is 0.188 e. The Hall–Kier alpha value is -1.39. The fourth-order valence-electron chi connectivity index (χ4n) is 2.06. The van der Waals surface area contributed by atoms with Crippen molar-refractivity contribution in [2.75, 3.05) is 0 Å². The number of hydrogen-bond acceptors (Lipinski definition) is 4. The van der Waals surface area contributed by atoms with Crippen molar-refractivity contribution in [2.24, 2.45) is 5.73 Å². The fraction of sp³-hybridized carbons (Fsp3) is 0.375. The van der Waals surface area contributed by atoms with Crippen molar-refractivity contribution < 1.29 is 0 Å². The van der Waals surface area contributed by atoms with E-state index < -0.39 is 0 Å². The van der Waals surface area contributed by atoms with E-state index in [0.717, 1.165) is 17.3 Å². The first kappa shape index (κ1) is 15.0. The van der Waals surface area contributed by atoms with Crippen LogP contribution in [-0.2, 0) is 0 Å². The van der Waals surface area contributed by atoms with E-state index in [0.29, 0.717) is 0 Å². The highest BCUT2D eigenvalue weighted by Crippen LogP contribution is 2.36. The van der Waals surface area contributed by atoms with Gasteiger partial charge in [-0.1, -0.05) is 48.5 Å². The van der Waals surface area contributed by atoms with Crippen LogP contribution in [0, 0.1) is 13.8 Å². The summed E-state index contributed by atoms with van der Waals surface area (Å²) < 4.78 is 0. The third kappa shape index (κ3) is 3.81. The summed E-state index contributed by atoms with van der Waals surface area (Å²) in [7, 11) is 0. The molecule has 0 bridgehead atoms. The topological polar surface area (TPSA) is 51.8 Å². The molecule has 0 amide bonds. The van der Waals surface area contributed by atoms with Gasteiger partial charge in [0.15, 0.2) is 5.16 Å². The Labute approximate surface area is 125 Å². The largest absolute Gasteiger partial charge is 0.326 e. The van der Waals surface area contributed by atoms with Gasteiger partial charge >= 0.3 is 0 Å². The molecule has 3 nitrogen and oxygen atoms in total. The average molecular weight is 287 g/mol. The van der Waals surface area contributed by atoms with Crippen LogP contribution in [0.2, 0.25) is 0 Å². The van der Waals surface area contributed by atoms with Gasteiger partial charge in [0.1, 0.15) is 0 Å². The molecule has 2 aromatic rings. The number of aromatic nitrogens is 2. The lowest BCUT2D eigenvalue weighted by atomic mass is 10.0. The molecule has 0 aliphatic heterocycles. The van der Waals surface area contributed by atoms with E-state index >= 15 is 0 Å². The molecule has 0 aliphatic rings. The third-order valence-corrected chi connectivity index (χ3v) is 4.52. The molecule has 0 fully saturated rings. The van der Waals surface area contributed by atoms with E-state index in [2.05, 4.69) is 48.1 Å². The highest BCUT2D eigenvalue weighted by Gasteiger charge is 2.21. The molecule has 0 saturated heterocycles. The van der Waals surface area contributed by atoms with Gasteiger partial charge in [-0.2, -0.15) is 0 Å². The SMILES string of the molecule is CCC(N)C(Sc1nccc(C)n1)c1cccc(C)c1. The second kappa shape index (κ2) is 6.86. The van der Waals surface area contributed by atoms with E-state index in [1.807, 2.05) is 13.0 Å². The number of aryl methyl sites for hydroxylation is 2. The number of hydrogen-bond donors (Lipinski definition) is 1. The Balaban J connectivity index is 2.29. The predicted molar refractivity (Wildman–Crippen MR) is 84.8 cm³/mol. The van der Waals surface area contributed by atoms with Gasteiger partial charge in [0.05, 0.1) is 5.25 Å². The molecule has 2 unspecified atom stereocenters. The summed E-state index contributed by atoms with van der Waals surface area (Å²) in [5.41, 5.74) is 9.79. The van der Waals surface area contributed by atoms with E-state index in [-0.39, 0.29) is 11.3 Å². The van der Waals surface area contributed by atoms with Gasteiger partial charge < -0.3 is 5.73 Å². The van der Waals surface area contributed by atoms with Gasteiger partial charge in [0.2, 0.25) is 0 Å². The van der Waals surface area contributed by atoms with Crippen LogP contribution in [0.4, 0.5) is 0 Å². The maximum absolute atomic E-state index is 6.31. The predicted octanol–water partition coefficient (Wildman–Crippen LogP) is 3.66. The van der Waals surface area contributed by atoms with Crippen molar-refractivity contribution in [3.63, 3.8) is 0 Å². The minimum absolute atomic E-state index is 0.0888. The molecule has 0 spiro atoms. The Morgan fingerprint density at radius 2 is 2.05 bits per heavy atom. The van der Waals surface area contributed by atoms with Crippen LogP contribution in [0.15, 0.2) is 41.7 Å². The fourth-order valence-corrected chi connectivity index (χ4v) is 3.26. The first-order chi connectivity index (χ1) is 9.60. The summed E-state index contributed by atoms with van der Waals surface area (Å²) in [5, 5.41) is 0.974. The van der Waals surface area contributed by atoms with Crippen LogP contribution in [0.5, 0.6) is 0 Å². The Morgan fingerprint density at radius 1 is 1.25 bits per heavy atom. The zero-order chi connectivity index (χ0) is 14.5. The standard InChI is InChI=1S/C16H21N3S/c1-4-14(17)15(13-7-5-6-11(2)10-13)20-16-18-9-8-12(3)19-16/h5-10,14-15H,4,17H2,1-3H3. The molecule has 0 radical (unpaired) electrons. The molecule has 1 aromatic heterocycles. The van der Waals surface area contributed by atoms with Crippen LogP contribution in [0.3, 0.4) is 0 Å². The van der Waals surface area contributed by atoms with Crippen LogP contribution in [0.25, 0.3) is 0 Å². The van der Waals surface area contributed by atoms with Gasteiger partial charge in [-0.3, -0.25) is 0 Å². The zero-order valence-corrected chi connectivity index (χ0v) is 13.0. The Bertz CT molecular complexity index is 571. The van der Waals surface area contributed by atoms with Gasteiger partial charge in [0.25, 0.3) is 0 Å². The number of nitrogens with zero attached hydrogens (tertiary/aromatic N) is 2. The van der Waals surface area contributed by atoms with E-state index in [1.165, 1.54) is 11.1 Å². The molecule has 0 saturated carbocycles. The summed E-state index contributed by atoms with van der Waals surface area (Å²) >= 11 is 1.65. The lowest BCUT2D eigenvalue weighted by Crippen LogP contribution is -2.25. The van der Waals surface area contributed by atoms with Crippen LogP contribution in [-0.4, -0.2) is 16.0 Å². The highest BCUT2D eigenvalue weighted by molar-refractivity contribution is 7.99. The lowest BCUT2D eigenvalue weighted by molar-refractivity contribution is 0.632. The summed E-state index contributed by atoms with van der Waals surface area (Å²) in [5.74, 6) is 0. The molecule has 2 atom stereocenters. The third-order valence-electron chi connectivity index (χ3n) is 3.24. The van der Waals surface area contributed by atoms with Gasteiger partial charge in [-0.05, 0) is 31.9 Å². The molecular weight excluding hydrogens is 266 g/mol. The molecule has 0 aliphatic carbocycles. The monoisotopic (exact) mass is 287 g/mol. The van der Waals surface area contributed by atoms with Gasteiger partial charge in [-0.25, -0.2) is 9.97 Å². The molecule has 2 N–H and O–H groups in total. The van der Waals surface area contributed by atoms with Crippen molar-refractivity contribution in [2.45, 2.75) is 43.6 Å². The van der Waals surface area contributed by atoms with E-state index in [1.54, 1.807) is 18.0 Å². The maximum atomic E-state index is 6.31. The number of nitrogens with two attached hydrogens (primary N) is 1. The van der Waals surface area contributed by atoms with Crippen molar-refractivity contribution in [1.29, 1.82) is 0 Å². The van der Waals surface area contributed by atoms with Crippen molar-refractivity contribution in [3.8, 4) is 0 Å². The number of thioether (sulfide) groups is 1. The Kier molecular flexibility index (Phi) is 5.15. The number of benzene rings is 1. The first-order valence-electron chi connectivity index (χ1n) is 6.88. The second-order valence-electron chi connectivity index (χ2n) is 5.01. The summed E-state index contributed by atoms with van der Waals surface area (Å²) in [6.07, 6.45) is 2.73. The van der Waals surface area contributed by atoms with Gasteiger partial charge in [0, 0.05) is 17.9 Å². The quantitative estimate of drug-likeness (QED) is 0.673. The minimum atomic E-state index is 0.0888. The zero-order valence-electron chi connectivity index (χ0n) is 12.2. The normalized spacial score (nSPS) is 14.0. The molecule has 1 heterocycles. The first-order valence-corrected chi connectivity index (χ1v) is 7.76. The minimum Gasteiger partial charge on any atom is -0.326 e. The highest BCUT2D eigenvalue weighted by atomic mass is 32.2. The molecule has 1 aromatic carbocycles. The van der Waals surface area contributed by atoms with Gasteiger partial charge in [-0.15, -0.1) is 0 Å².